The van der Waals surface area contributed by atoms with Crippen molar-refractivity contribution in [1.29, 1.82) is 0 Å². The highest BCUT2D eigenvalue weighted by Gasteiger charge is 2.45. The van der Waals surface area contributed by atoms with Crippen molar-refractivity contribution in [3.05, 3.63) is 24.0 Å². The van der Waals surface area contributed by atoms with Crippen LogP contribution in [0.3, 0.4) is 0 Å². The largest absolute Gasteiger partial charge is 0.477 e. The summed E-state index contributed by atoms with van der Waals surface area (Å²) in [6, 6.07) is 3.58. The zero-order valence-electron chi connectivity index (χ0n) is 12.4. The number of carboxylic acids is 1. The maximum absolute atomic E-state index is 11.1. The summed E-state index contributed by atoms with van der Waals surface area (Å²) in [7, 11) is 1.81. The fourth-order valence-electron chi connectivity index (χ4n) is 4.06. The molecule has 1 aliphatic heterocycles. The molecule has 2 heterocycles. The van der Waals surface area contributed by atoms with Crippen molar-refractivity contribution < 1.29 is 14.6 Å². The van der Waals surface area contributed by atoms with Gasteiger partial charge in [-0.1, -0.05) is 6.42 Å². The first-order valence-electron chi connectivity index (χ1n) is 7.62. The summed E-state index contributed by atoms with van der Waals surface area (Å²) in [5, 5.41) is 9.09. The molecule has 114 valence electrons. The Hall–Kier alpha value is -1.62. The van der Waals surface area contributed by atoms with Crippen LogP contribution in [0, 0.1) is 5.41 Å². The van der Waals surface area contributed by atoms with Crippen LogP contribution in [0.25, 0.3) is 0 Å². The van der Waals surface area contributed by atoms with Crippen LogP contribution in [-0.4, -0.2) is 42.4 Å². The molecule has 0 amide bonds. The Morgan fingerprint density at radius 1 is 1.48 bits per heavy atom. The minimum Gasteiger partial charge on any atom is -0.477 e. The highest BCUT2D eigenvalue weighted by Crippen LogP contribution is 2.47. The number of carbonyl (C=O) groups is 1. The molecule has 1 saturated carbocycles. The molecule has 0 aromatic carbocycles. The summed E-state index contributed by atoms with van der Waals surface area (Å²) in [4.78, 5) is 17.3. The van der Waals surface area contributed by atoms with Gasteiger partial charge in [-0.15, -0.1) is 0 Å². The van der Waals surface area contributed by atoms with E-state index >= 15 is 0 Å². The topological polar surface area (TPSA) is 62.7 Å². The van der Waals surface area contributed by atoms with Crippen molar-refractivity contribution in [2.75, 3.05) is 25.1 Å². The zero-order chi connectivity index (χ0) is 14.9. The molecule has 3 rings (SSSR count). The smallest absolute Gasteiger partial charge is 0.354 e. The second-order valence-corrected chi connectivity index (χ2v) is 6.21. The molecular formula is C16H22N2O3. The van der Waals surface area contributed by atoms with Gasteiger partial charge in [0.1, 0.15) is 5.69 Å². The van der Waals surface area contributed by atoms with Crippen molar-refractivity contribution in [2.24, 2.45) is 5.41 Å². The van der Waals surface area contributed by atoms with Crippen LogP contribution in [0.5, 0.6) is 0 Å². The first-order valence-corrected chi connectivity index (χ1v) is 7.62. The van der Waals surface area contributed by atoms with E-state index in [1.807, 2.05) is 13.2 Å². The molecule has 2 fully saturated rings. The molecule has 21 heavy (non-hydrogen) atoms. The van der Waals surface area contributed by atoms with Gasteiger partial charge in [-0.3, -0.25) is 0 Å². The predicted molar refractivity (Wildman–Crippen MR) is 79.7 cm³/mol. The Kier molecular flexibility index (Phi) is 3.85. The molecule has 0 bridgehead atoms. The fraction of sp³-hybridized carbons (Fsp3) is 0.625. The number of methoxy groups -OCH3 is 1. The highest BCUT2D eigenvalue weighted by molar-refractivity contribution is 5.86. The highest BCUT2D eigenvalue weighted by atomic mass is 16.5. The average molecular weight is 290 g/mol. The minimum atomic E-state index is -0.973. The van der Waals surface area contributed by atoms with Gasteiger partial charge in [-0.05, 0) is 37.8 Å². The second kappa shape index (κ2) is 5.64. The van der Waals surface area contributed by atoms with Crippen LogP contribution in [0.4, 0.5) is 5.69 Å². The number of carboxylic acid groups (broad SMARTS) is 1. The quantitative estimate of drug-likeness (QED) is 0.927. The molecule has 1 spiro atoms. The van der Waals surface area contributed by atoms with Gasteiger partial charge in [0.2, 0.25) is 0 Å². The molecule has 1 saturated heterocycles. The van der Waals surface area contributed by atoms with E-state index in [4.69, 9.17) is 9.84 Å². The molecule has 2 atom stereocenters. The average Bonchev–Trinajstić information content (AvgIpc) is 2.89. The number of ether oxygens (including phenoxy) is 1. The summed E-state index contributed by atoms with van der Waals surface area (Å²) >= 11 is 0. The molecule has 0 radical (unpaired) electrons. The Balaban J connectivity index is 1.83. The zero-order valence-corrected chi connectivity index (χ0v) is 12.4. The van der Waals surface area contributed by atoms with Crippen molar-refractivity contribution in [1.82, 2.24) is 4.98 Å². The van der Waals surface area contributed by atoms with E-state index in [2.05, 4.69) is 9.88 Å². The standard InChI is InChI=1S/C16H22N2O3/c1-21-14-4-2-6-16(14)7-3-9-18(11-16)12-5-8-17-13(10-12)15(19)20/h5,8,10,14H,2-4,6-7,9,11H2,1H3,(H,19,20)/t14-,16-/m1/s1. The summed E-state index contributed by atoms with van der Waals surface area (Å²) in [6.07, 6.45) is 7.83. The molecule has 1 N–H and O–H groups in total. The number of hydrogen-bond donors (Lipinski definition) is 1. The van der Waals surface area contributed by atoms with Crippen molar-refractivity contribution in [3.63, 3.8) is 0 Å². The van der Waals surface area contributed by atoms with Crippen LogP contribution in [0.1, 0.15) is 42.6 Å². The minimum absolute atomic E-state index is 0.113. The van der Waals surface area contributed by atoms with Crippen molar-refractivity contribution in [2.45, 2.75) is 38.2 Å². The van der Waals surface area contributed by atoms with E-state index < -0.39 is 5.97 Å². The second-order valence-electron chi connectivity index (χ2n) is 6.21. The maximum atomic E-state index is 11.1. The van der Waals surface area contributed by atoms with E-state index in [1.54, 1.807) is 12.3 Å². The van der Waals surface area contributed by atoms with Gasteiger partial charge in [0.05, 0.1) is 6.10 Å². The number of aromatic carboxylic acids is 1. The fourth-order valence-corrected chi connectivity index (χ4v) is 4.06. The molecule has 0 unspecified atom stereocenters. The van der Waals surface area contributed by atoms with Crippen molar-refractivity contribution >= 4 is 11.7 Å². The SMILES string of the molecule is CO[C@@H]1CCC[C@]12CCCN(c1ccnc(C(=O)O)c1)C2. The Morgan fingerprint density at radius 3 is 3.05 bits per heavy atom. The van der Waals surface area contributed by atoms with Crippen LogP contribution >= 0.6 is 0 Å². The third-order valence-corrected chi connectivity index (χ3v) is 5.04. The van der Waals surface area contributed by atoms with E-state index in [1.165, 1.54) is 19.3 Å². The van der Waals surface area contributed by atoms with Crippen LogP contribution < -0.4 is 4.90 Å². The lowest BCUT2D eigenvalue weighted by Gasteiger charge is -2.44. The number of aromatic nitrogens is 1. The normalized spacial score (nSPS) is 29.0. The molecule has 5 heteroatoms. The van der Waals surface area contributed by atoms with Crippen LogP contribution in [0.15, 0.2) is 18.3 Å². The number of rotatable bonds is 3. The van der Waals surface area contributed by atoms with Crippen LogP contribution in [0.2, 0.25) is 0 Å². The lowest BCUT2D eigenvalue weighted by atomic mass is 9.76. The van der Waals surface area contributed by atoms with E-state index in [-0.39, 0.29) is 11.1 Å². The van der Waals surface area contributed by atoms with Gasteiger partial charge in [0, 0.05) is 37.5 Å². The number of anilines is 1. The van der Waals surface area contributed by atoms with Gasteiger partial charge in [0.25, 0.3) is 0 Å². The van der Waals surface area contributed by atoms with Gasteiger partial charge in [-0.2, -0.15) is 0 Å². The summed E-state index contributed by atoms with van der Waals surface area (Å²) in [5.41, 5.74) is 1.31. The Bertz CT molecular complexity index is 534. The number of piperidine rings is 1. The molecule has 1 aromatic heterocycles. The molecule has 1 aliphatic carbocycles. The summed E-state index contributed by atoms with van der Waals surface area (Å²) < 4.78 is 5.72. The first-order chi connectivity index (χ1) is 10.1. The van der Waals surface area contributed by atoms with Crippen molar-refractivity contribution in [3.8, 4) is 0 Å². The number of hydrogen-bond acceptors (Lipinski definition) is 4. The Morgan fingerprint density at radius 2 is 2.29 bits per heavy atom. The van der Waals surface area contributed by atoms with E-state index in [0.29, 0.717) is 6.10 Å². The molecular weight excluding hydrogens is 268 g/mol. The summed E-state index contributed by atoms with van der Waals surface area (Å²) in [6.45, 7) is 1.93. The van der Waals surface area contributed by atoms with Gasteiger partial charge in [-0.25, -0.2) is 9.78 Å². The van der Waals surface area contributed by atoms with Gasteiger partial charge < -0.3 is 14.7 Å². The van der Waals surface area contributed by atoms with Crippen LogP contribution in [-0.2, 0) is 4.74 Å². The van der Waals surface area contributed by atoms with Gasteiger partial charge >= 0.3 is 5.97 Å². The van der Waals surface area contributed by atoms with E-state index in [9.17, 15) is 4.79 Å². The predicted octanol–water partition coefficient (Wildman–Crippen LogP) is 2.57. The maximum Gasteiger partial charge on any atom is 0.354 e. The lowest BCUT2D eigenvalue weighted by molar-refractivity contribution is 0.00227. The Labute approximate surface area is 124 Å². The molecule has 2 aliphatic rings. The lowest BCUT2D eigenvalue weighted by Crippen LogP contribution is -2.47. The molecule has 1 aromatic rings. The molecule has 5 nitrogen and oxygen atoms in total. The third kappa shape index (κ3) is 2.62. The third-order valence-electron chi connectivity index (χ3n) is 5.04. The first kappa shape index (κ1) is 14.3. The monoisotopic (exact) mass is 290 g/mol. The number of nitrogens with zero attached hydrogens (tertiary/aromatic N) is 2. The van der Waals surface area contributed by atoms with Gasteiger partial charge in [0.15, 0.2) is 0 Å². The number of pyridine rings is 1. The van der Waals surface area contributed by atoms with E-state index in [0.717, 1.165) is 31.6 Å². The summed E-state index contributed by atoms with van der Waals surface area (Å²) in [5.74, 6) is -0.973.